The maximum absolute atomic E-state index is 13.2. The van der Waals surface area contributed by atoms with Crippen LogP contribution in [0.15, 0.2) is 41.3 Å². The third kappa shape index (κ3) is 5.62. The summed E-state index contributed by atoms with van der Waals surface area (Å²) in [6.07, 6.45) is 2.63. The lowest BCUT2D eigenvalue weighted by molar-refractivity contribution is -0.121. The summed E-state index contributed by atoms with van der Waals surface area (Å²) in [5, 5.41) is 12.4. The van der Waals surface area contributed by atoms with Crippen molar-refractivity contribution in [1.29, 1.82) is 0 Å². The molecule has 0 aliphatic heterocycles. The van der Waals surface area contributed by atoms with Gasteiger partial charge in [0.2, 0.25) is 15.9 Å². The molecule has 3 rings (SSSR count). The van der Waals surface area contributed by atoms with E-state index in [0.29, 0.717) is 0 Å². The molecule has 0 saturated heterocycles. The average Bonchev–Trinajstić information content (AvgIpc) is 2.73. The molecule has 0 aromatic heterocycles. The highest BCUT2D eigenvalue weighted by Gasteiger charge is 2.18. The molecule has 6 nitrogen and oxygen atoms in total. The molecular weight excluding hydrogens is 414 g/mol. The van der Waals surface area contributed by atoms with E-state index in [4.69, 9.17) is 0 Å². The zero-order valence-electron chi connectivity index (χ0n) is 16.3. The summed E-state index contributed by atoms with van der Waals surface area (Å²) >= 11 is 0. The molecule has 2 aromatic rings. The van der Waals surface area contributed by atoms with Gasteiger partial charge < -0.3 is 10.4 Å². The third-order valence-corrected chi connectivity index (χ3v) is 6.55. The molecular formula is C21H24F2N2O4S. The molecule has 30 heavy (non-hydrogen) atoms. The van der Waals surface area contributed by atoms with Crippen molar-refractivity contribution < 1.29 is 27.1 Å². The van der Waals surface area contributed by atoms with Crippen LogP contribution in [0.5, 0.6) is 0 Å². The van der Waals surface area contributed by atoms with E-state index < -0.39 is 33.7 Å². The fourth-order valence-electron chi connectivity index (χ4n) is 3.40. The first-order chi connectivity index (χ1) is 14.3. The highest BCUT2D eigenvalue weighted by molar-refractivity contribution is 7.89. The molecule has 0 fully saturated rings. The Morgan fingerprint density at radius 3 is 2.50 bits per heavy atom. The number of halogens is 2. The van der Waals surface area contributed by atoms with Gasteiger partial charge in [-0.3, -0.25) is 4.79 Å². The van der Waals surface area contributed by atoms with Crippen LogP contribution in [-0.4, -0.2) is 32.5 Å². The van der Waals surface area contributed by atoms with Crippen molar-refractivity contribution in [1.82, 2.24) is 10.0 Å². The Morgan fingerprint density at radius 2 is 1.77 bits per heavy atom. The summed E-state index contributed by atoms with van der Waals surface area (Å²) in [6.45, 7) is -0.312. The molecule has 0 heterocycles. The maximum Gasteiger partial charge on any atom is 0.240 e. The SMILES string of the molecule is O=C(CCNS(=O)(=O)c1ccc2c(c1)CCCC2)NCC(O)c1ccc(F)c(F)c1. The first-order valence-electron chi connectivity index (χ1n) is 9.77. The number of aliphatic hydroxyl groups is 1. The van der Waals surface area contributed by atoms with Crippen molar-refractivity contribution in [3.63, 3.8) is 0 Å². The van der Waals surface area contributed by atoms with Gasteiger partial charge in [0, 0.05) is 19.5 Å². The number of amides is 1. The minimum Gasteiger partial charge on any atom is -0.387 e. The summed E-state index contributed by atoms with van der Waals surface area (Å²) in [6, 6.07) is 8.08. The molecule has 1 amide bonds. The quantitative estimate of drug-likeness (QED) is 0.590. The smallest absolute Gasteiger partial charge is 0.240 e. The zero-order chi connectivity index (χ0) is 21.7. The van der Waals surface area contributed by atoms with E-state index in [1.807, 2.05) is 6.07 Å². The molecule has 9 heteroatoms. The first-order valence-corrected chi connectivity index (χ1v) is 11.3. The first kappa shape index (κ1) is 22.3. The van der Waals surface area contributed by atoms with Gasteiger partial charge in [0.15, 0.2) is 11.6 Å². The highest BCUT2D eigenvalue weighted by Crippen LogP contribution is 2.24. The van der Waals surface area contributed by atoms with E-state index in [1.54, 1.807) is 12.1 Å². The van der Waals surface area contributed by atoms with Crippen LogP contribution in [0.4, 0.5) is 8.78 Å². The van der Waals surface area contributed by atoms with E-state index in [-0.39, 0.29) is 30.0 Å². The molecule has 1 aliphatic rings. The maximum atomic E-state index is 13.2. The molecule has 1 aliphatic carbocycles. The van der Waals surface area contributed by atoms with E-state index in [1.165, 1.54) is 11.6 Å². The van der Waals surface area contributed by atoms with Crippen molar-refractivity contribution >= 4 is 15.9 Å². The Balaban J connectivity index is 1.47. The molecule has 0 radical (unpaired) electrons. The zero-order valence-corrected chi connectivity index (χ0v) is 17.1. The second kappa shape index (κ2) is 9.63. The van der Waals surface area contributed by atoms with Gasteiger partial charge >= 0.3 is 0 Å². The Kier molecular flexibility index (Phi) is 7.17. The largest absolute Gasteiger partial charge is 0.387 e. The van der Waals surface area contributed by atoms with Crippen molar-refractivity contribution in [3.8, 4) is 0 Å². The second-order valence-corrected chi connectivity index (χ2v) is 9.05. The molecule has 162 valence electrons. The normalized spacial score (nSPS) is 14.8. The number of carbonyl (C=O) groups excluding carboxylic acids is 1. The summed E-state index contributed by atoms with van der Waals surface area (Å²) < 4.78 is 53.5. The van der Waals surface area contributed by atoms with Crippen LogP contribution < -0.4 is 10.0 Å². The van der Waals surface area contributed by atoms with Gasteiger partial charge in [-0.1, -0.05) is 12.1 Å². The van der Waals surface area contributed by atoms with E-state index in [9.17, 15) is 27.1 Å². The lowest BCUT2D eigenvalue weighted by atomic mass is 9.92. The number of benzene rings is 2. The van der Waals surface area contributed by atoms with Gasteiger partial charge in [-0.05, 0) is 66.6 Å². The van der Waals surface area contributed by atoms with E-state index in [2.05, 4.69) is 10.0 Å². The number of hydrogen-bond acceptors (Lipinski definition) is 4. The number of carbonyl (C=O) groups is 1. The van der Waals surface area contributed by atoms with Gasteiger partial charge in [0.05, 0.1) is 11.0 Å². The van der Waals surface area contributed by atoms with E-state index in [0.717, 1.165) is 43.4 Å². The number of rotatable bonds is 8. The number of aryl methyl sites for hydroxylation is 2. The monoisotopic (exact) mass is 438 g/mol. The topological polar surface area (TPSA) is 95.5 Å². The molecule has 0 bridgehead atoms. The van der Waals surface area contributed by atoms with Crippen LogP contribution in [-0.2, 0) is 27.7 Å². The van der Waals surface area contributed by atoms with Crippen LogP contribution in [0.25, 0.3) is 0 Å². The Bertz CT molecular complexity index is 1030. The number of nitrogens with one attached hydrogen (secondary N) is 2. The predicted molar refractivity (Wildman–Crippen MR) is 107 cm³/mol. The van der Waals surface area contributed by atoms with Crippen molar-refractivity contribution in [2.24, 2.45) is 0 Å². The number of fused-ring (bicyclic) bond motifs is 1. The summed E-state index contributed by atoms with van der Waals surface area (Å²) in [5.41, 5.74) is 2.36. The lowest BCUT2D eigenvalue weighted by Crippen LogP contribution is -2.33. The molecule has 2 aromatic carbocycles. The Labute approximate surface area is 174 Å². The molecule has 0 spiro atoms. The highest BCUT2D eigenvalue weighted by atomic mass is 32.2. The van der Waals surface area contributed by atoms with Crippen LogP contribution in [0.3, 0.4) is 0 Å². The van der Waals surface area contributed by atoms with Gasteiger partial charge in [0.1, 0.15) is 0 Å². The predicted octanol–water partition coefficient (Wildman–Crippen LogP) is 2.36. The minimum atomic E-state index is -3.73. The number of aliphatic hydroxyl groups excluding tert-OH is 1. The number of hydrogen-bond donors (Lipinski definition) is 3. The van der Waals surface area contributed by atoms with Gasteiger partial charge in [-0.2, -0.15) is 0 Å². The van der Waals surface area contributed by atoms with Crippen molar-refractivity contribution in [3.05, 3.63) is 64.7 Å². The average molecular weight is 438 g/mol. The van der Waals surface area contributed by atoms with E-state index >= 15 is 0 Å². The molecule has 3 N–H and O–H groups in total. The van der Waals surface area contributed by atoms with Crippen LogP contribution in [0.1, 0.15) is 42.1 Å². The summed E-state index contributed by atoms with van der Waals surface area (Å²) in [7, 11) is -3.73. The van der Waals surface area contributed by atoms with Crippen LogP contribution >= 0.6 is 0 Å². The second-order valence-electron chi connectivity index (χ2n) is 7.28. The van der Waals surface area contributed by atoms with Crippen molar-refractivity contribution in [2.45, 2.75) is 43.1 Å². The fourth-order valence-corrected chi connectivity index (χ4v) is 4.48. The Hall–Kier alpha value is -2.36. The Morgan fingerprint density at radius 1 is 1.03 bits per heavy atom. The van der Waals surface area contributed by atoms with Gasteiger partial charge in [0.25, 0.3) is 0 Å². The van der Waals surface area contributed by atoms with Gasteiger partial charge in [-0.15, -0.1) is 0 Å². The fraction of sp³-hybridized carbons (Fsp3) is 0.381. The van der Waals surface area contributed by atoms with Crippen LogP contribution in [0.2, 0.25) is 0 Å². The molecule has 0 saturated carbocycles. The van der Waals surface area contributed by atoms with Gasteiger partial charge in [-0.25, -0.2) is 21.9 Å². The van der Waals surface area contributed by atoms with Crippen molar-refractivity contribution in [2.75, 3.05) is 13.1 Å². The minimum absolute atomic E-state index is 0.105. The van der Waals surface area contributed by atoms with Crippen LogP contribution in [0, 0.1) is 11.6 Å². The lowest BCUT2D eigenvalue weighted by Gasteiger charge is -2.17. The third-order valence-electron chi connectivity index (χ3n) is 5.10. The standard InChI is InChI=1S/C21H24F2N2O4S/c22-18-8-6-16(12-19(18)23)20(26)13-24-21(27)9-10-25-30(28,29)17-7-5-14-3-1-2-4-15(14)11-17/h5-8,11-12,20,25-26H,1-4,9-10,13H2,(H,24,27). The summed E-state index contributed by atoms with van der Waals surface area (Å²) in [4.78, 5) is 12.1. The summed E-state index contributed by atoms with van der Waals surface area (Å²) in [5.74, 6) is -2.60. The number of sulfonamides is 1. The molecule has 1 unspecified atom stereocenters. The molecule has 1 atom stereocenters.